The molecule has 4 aromatic rings. The number of rotatable bonds is 2. The summed E-state index contributed by atoms with van der Waals surface area (Å²) in [5.41, 5.74) is 10.9. The van der Waals surface area contributed by atoms with Crippen LogP contribution in [0.5, 0.6) is 0 Å². The van der Waals surface area contributed by atoms with Crippen LogP contribution in [0.3, 0.4) is 0 Å². The summed E-state index contributed by atoms with van der Waals surface area (Å²) in [4.78, 5) is 14.6. The van der Waals surface area contributed by atoms with Crippen molar-refractivity contribution in [2.24, 2.45) is 4.99 Å². The molecule has 0 radical (unpaired) electrons. The summed E-state index contributed by atoms with van der Waals surface area (Å²) in [6.45, 7) is 3.77. The molecule has 0 aliphatic carbocycles. The van der Waals surface area contributed by atoms with Gasteiger partial charge in [-0.15, -0.1) is 0 Å². The quantitative estimate of drug-likeness (QED) is 0.205. The molecule has 0 aliphatic heterocycles. The summed E-state index contributed by atoms with van der Waals surface area (Å²) in [7, 11) is 3.81. The lowest BCUT2D eigenvalue weighted by atomic mass is 10.3. The van der Waals surface area contributed by atoms with Gasteiger partial charge in [0.05, 0.1) is 30.6 Å². The van der Waals surface area contributed by atoms with E-state index in [1.165, 1.54) is 0 Å². The number of hydrogen-bond acceptors (Lipinski definition) is 10. The van der Waals surface area contributed by atoms with E-state index >= 15 is 0 Å². The summed E-state index contributed by atoms with van der Waals surface area (Å²) in [6, 6.07) is 0. The van der Waals surface area contributed by atoms with E-state index in [0.717, 1.165) is 24.2 Å². The maximum Gasteiger partial charge on any atom is 0.226 e. The van der Waals surface area contributed by atoms with Crippen molar-refractivity contribution in [3.05, 3.63) is 18.5 Å². The highest BCUT2D eigenvalue weighted by atomic mass is 127. The van der Waals surface area contributed by atoms with Gasteiger partial charge in [0.2, 0.25) is 11.3 Å². The minimum absolute atomic E-state index is 0.463. The molecule has 0 saturated heterocycles. The van der Waals surface area contributed by atoms with Crippen LogP contribution in [-0.2, 0) is 0 Å². The van der Waals surface area contributed by atoms with Crippen molar-refractivity contribution >= 4 is 85.2 Å². The molecule has 0 aliphatic rings. The van der Waals surface area contributed by atoms with Gasteiger partial charge >= 0.3 is 0 Å². The molecule has 11 nitrogen and oxygen atoms in total. The second-order valence-corrected chi connectivity index (χ2v) is 8.02. The van der Waals surface area contributed by atoms with Crippen LogP contribution in [0.2, 0.25) is 0 Å². The second-order valence-electron chi connectivity index (χ2n) is 5.87. The van der Waals surface area contributed by atoms with Gasteiger partial charge in [-0.05, 0) is 79.7 Å². The van der Waals surface area contributed by atoms with Crippen LogP contribution in [0.15, 0.2) is 14.3 Å². The molecule has 0 atom stereocenters. The van der Waals surface area contributed by atoms with Gasteiger partial charge in [0.25, 0.3) is 0 Å². The van der Waals surface area contributed by atoms with Gasteiger partial charge in [0, 0.05) is 14.1 Å². The number of nitrogen functional groups attached to an aromatic ring is 1. The van der Waals surface area contributed by atoms with Crippen molar-refractivity contribution in [1.29, 1.82) is 0 Å². The number of hydrogen-bond donors (Lipinski definition) is 1. The summed E-state index contributed by atoms with van der Waals surface area (Å²) >= 11 is 4.31. The van der Waals surface area contributed by atoms with Gasteiger partial charge < -0.3 is 10.6 Å². The van der Waals surface area contributed by atoms with Crippen molar-refractivity contribution in [1.82, 2.24) is 35.5 Å². The summed E-state index contributed by atoms with van der Waals surface area (Å²) < 4.78 is 11.0. The van der Waals surface area contributed by atoms with Gasteiger partial charge in [0.15, 0.2) is 11.0 Å². The smallest absolute Gasteiger partial charge is 0.226 e. The standard InChI is InChI=1S/C9H10IN5O.C6H5IN4O/c1-5-6(10)7(11-4-15(2)3)8-9(12-5)14-16-13-8;1-2-3(7)4(8)5-6(9-2)11-12-10-5/h4H,1-3H3;8H2,1H3. The number of fused-ring (bicyclic) bond motifs is 2. The van der Waals surface area contributed by atoms with Gasteiger partial charge in [0.1, 0.15) is 5.69 Å². The van der Waals surface area contributed by atoms with Crippen LogP contribution < -0.4 is 5.73 Å². The van der Waals surface area contributed by atoms with Crippen LogP contribution in [0.25, 0.3) is 22.3 Å². The molecule has 0 spiro atoms. The molecular weight excluding hydrogens is 592 g/mol. The molecule has 0 unspecified atom stereocenters. The first kappa shape index (κ1) is 20.6. The zero-order valence-electron chi connectivity index (χ0n) is 15.3. The summed E-state index contributed by atoms with van der Waals surface area (Å²) in [6.07, 6.45) is 1.71. The molecule has 28 heavy (non-hydrogen) atoms. The van der Waals surface area contributed by atoms with E-state index in [9.17, 15) is 0 Å². The Morgan fingerprint density at radius 2 is 1.43 bits per heavy atom. The minimum atomic E-state index is 0.463. The number of nitrogens with zero attached hydrogens (tertiary/aromatic N) is 8. The molecule has 0 aromatic carbocycles. The highest BCUT2D eigenvalue weighted by molar-refractivity contribution is 14.1. The number of aryl methyl sites for hydroxylation is 2. The molecule has 4 heterocycles. The van der Waals surface area contributed by atoms with Gasteiger partial charge in [-0.1, -0.05) is 0 Å². The maximum absolute atomic E-state index is 5.75. The van der Waals surface area contributed by atoms with Crippen LogP contribution in [0.1, 0.15) is 11.4 Å². The molecule has 0 saturated carbocycles. The van der Waals surface area contributed by atoms with Gasteiger partial charge in [-0.25, -0.2) is 24.2 Å². The molecule has 0 amide bonds. The number of aliphatic imine (C=N–C) groups is 1. The fourth-order valence-corrected chi connectivity index (χ4v) is 3.01. The van der Waals surface area contributed by atoms with E-state index in [4.69, 9.17) is 5.73 Å². The Hall–Kier alpha value is -2.17. The summed E-state index contributed by atoms with van der Waals surface area (Å²) in [5.74, 6) is 0. The Morgan fingerprint density at radius 1 is 0.893 bits per heavy atom. The Morgan fingerprint density at radius 3 is 2.04 bits per heavy atom. The first-order valence-electron chi connectivity index (χ1n) is 7.82. The Labute approximate surface area is 186 Å². The van der Waals surface area contributed by atoms with Gasteiger partial charge in [-0.2, -0.15) is 0 Å². The molecule has 13 heteroatoms. The fourth-order valence-electron chi connectivity index (χ4n) is 2.11. The lowest BCUT2D eigenvalue weighted by Crippen LogP contribution is -2.07. The van der Waals surface area contributed by atoms with Crippen molar-refractivity contribution in [3.8, 4) is 0 Å². The summed E-state index contributed by atoms with van der Waals surface area (Å²) in [5, 5.41) is 14.8. The Kier molecular flexibility index (Phi) is 6.21. The van der Waals surface area contributed by atoms with Crippen LogP contribution in [0.4, 0.5) is 11.4 Å². The first-order chi connectivity index (χ1) is 13.3. The molecule has 4 aromatic heterocycles. The van der Waals surface area contributed by atoms with Crippen molar-refractivity contribution in [2.45, 2.75) is 13.8 Å². The van der Waals surface area contributed by atoms with Gasteiger partial charge in [-0.3, -0.25) is 0 Å². The van der Waals surface area contributed by atoms with Crippen LogP contribution in [-0.4, -0.2) is 55.9 Å². The number of nitrogens with two attached hydrogens (primary N) is 1. The SMILES string of the molecule is Cc1nc2nonc2c(N)c1I.Cc1nc2nonc2c(N=CN(C)C)c1I. The Balaban J connectivity index is 0.000000167. The van der Waals surface area contributed by atoms with E-state index < -0.39 is 0 Å². The molecule has 0 bridgehead atoms. The second kappa shape index (κ2) is 8.46. The number of pyridine rings is 2. The van der Waals surface area contributed by atoms with Crippen molar-refractivity contribution < 1.29 is 9.26 Å². The lowest BCUT2D eigenvalue weighted by molar-refractivity contribution is 0.315. The topological polar surface area (TPSA) is 145 Å². The average molecular weight is 607 g/mol. The van der Waals surface area contributed by atoms with E-state index in [-0.39, 0.29) is 0 Å². The monoisotopic (exact) mass is 607 g/mol. The zero-order chi connectivity index (χ0) is 20.4. The first-order valence-corrected chi connectivity index (χ1v) is 9.98. The van der Waals surface area contributed by atoms with Crippen LogP contribution in [0, 0.1) is 21.0 Å². The molecule has 4 rings (SSSR count). The molecule has 0 fully saturated rings. The third-order valence-electron chi connectivity index (χ3n) is 3.47. The maximum atomic E-state index is 5.75. The van der Waals surface area contributed by atoms with E-state index in [2.05, 4.69) is 90.0 Å². The lowest BCUT2D eigenvalue weighted by Gasteiger charge is -2.04. The number of aromatic nitrogens is 6. The minimum Gasteiger partial charge on any atom is -0.396 e. The molecule has 2 N–H and O–H groups in total. The highest BCUT2D eigenvalue weighted by Gasteiger charge is 2.14. The largest absolute Gasteiger partial charge is 0.396 e. The number of halogens is 2. The Bertz CT molecular complexity index is 1170. The van der Waals surface area contributed by atoms with Crippen molar-refractivity contribution in [2.75, 3.05) is 19.8 Å². The van der Waals surface area contributed by atoms with E-state index in [1.807, 2.05) is 32.8 Å². The van der Waals surface area contributed by atoms with Crippen LogP contribution >= 0.6 is 45.2 Å². The molecular formula is C15H15I2N9O2. The van der Waals surface area contributed by atoms with E-state index in [0.29, 0.717) is 28.0 Å². The predicted octanol–water partition coefficient (Wildman–Crippen LogP) is 2.87. The average Bonchev–Trinajstić information content (AvgIpc) is 3.29. The normalized spacial score (nSPS) is 11.2. The number of anilines is 1. The van der Waals surface area contributed by atoms with Crippen molar-refractivity contribution in [3.63, 3.8) is 0 Å². The fraction of sp³-hybridized carbons (Fsp3) is 0.267. The highest BCUT2D eigenvalue weighted by Crippen LogP contribution is 2.29. The molecule has 146 valence electrons. The third-order valence-corrected chi connectivity index (χ3v) is 6.12. The van der Waals surface area contributed by atoms with E-state index in [1.54, 1.807) is 6.34 Å². The zero-order valence-corrected chi connectivity index (χ0v) is 19.6. The predicted molar refractivity (Wildman–Crippen MR) is 120 cm³/mol. The third kappa shape index (κ3) is 4.13.